The van der Waals surface area contributed by atoms with Gasteiger partial charge in [-0.25, -0.2) is 0 Å². The minimum absolute atomic E-state index is 0.235. The van der Waals surface area contributed by atoms with Gasteiger partial charge in [-0.1, -0.05) is 43.7 Å². The molecule has 0 spiro atoms. The summed E-state index contributed by atoms with van der Waals surface area (Å²) in [4.78, 5) is 16.7. The highest BCUT2D eigenvalue weighted by atomic mass is 16.2. The van der Waals surface area contributed by atoms with Gasteiger partial charge in [-0.05, 0) is 39.4 Å². The third-order valence-corrected chi connectivity index (χ3v) is 3.74. The van der Waals surface area contributed by atoms with Gasteiger partial charge in [0, 0.05) is 25.6 Å². The Balaban J connectivity index is 2.50. The smallest absolute Gasteiger partial charge is 0.224 e. The van der Waals surface area contributed by atoms with E-state index in [0.29, 0.717) is 13.0 Å². The lowest BCUT2D eigenvalue weighted by atomic mass is 10.1. The number of hydrogen-bond acceptors (Lipinski definition) is 2. The van der Waals surface area contributed by atoms with Crippen molar-refractivity contribution in [2.45, 2.75) is 52.6 Å². The van der Waals surface area contributed by atoms with Crippen molar-refractivity contribution < 1.29 is 4.79 Å². The molecule has 118 valence electrons. The molecule has 3 heteroatoms. The zero-order chi connectivity index (χ0) is 15.7. The van der Waals surface area contributed by atoms with Crippen LogP contribution in [0.2, 0.25) is 0 Å². The first-order valence-corrected chi connectivity index (χ1v) is 8.06. The number of carbonyl (C=O) groups excluding carboxylic acids is 1. The van der Waals surface area contributed by atoms with Gasteiger partial charge in [0.05, 0.1) is 0 Å². The summed E-state index contributed by atoms with van der Waals surface area (Å²) in [5.41, 5.74) is 1.19. The van der Waals surface area contributed by atoms with Crippen LogP contribution in [0, 0.1) is 0 Å². The average molecular weight is 290 g/mol. The van der Waals surface area contributed by atoms with Gasteiger partial charge >= 0.3 is 0 Å². The number of hydrogen-bond donors (Lipinski definition) is 0. The van der Waals surface area contributed by atoms with Crippen LogP contribution >= 0.6 is 0 Å². The molecule has 0 aromatic heterocycles. The van der Waals surface area contributed by atoms with Gasteiger partial charge in [-0.2, -0.15) is 0 Å². The van der Waals surface area contributed by atoms with Crippen LogP contribution in [-0.2, 0) is 11.3 Å². The quantitative estimate of drug-likeness (QED) is 0.694. The van der Waals surface area contributed by atoms with E-state index in [9.17, 15) is 4.79 Å². The Morgan fingerprint density at radius 2 is 1.81 bits per heavy atom. The zero-order valence-electron chi connectivity index (χ0n) is 14.0. The highest BCUT2D eigenvalue weighted by Crippen LogP contribution is 2.10. The predicted molar refractivity (Wildman–Crippen MR) is 89.2 cm³/mol. The van der Waals surface area contributed by atoms with Crippen molar-refractivity contribution in [2.75, 3.05) is 20.1 Å². The maximum atomic E-state index is 12.5. The molecule has 0 bridgehead atoms. The monoisotopic (exact) mass is 290 g/mol. The Kier molecular flexibility index (Phi) is 8.06. The summed E-state index contributed by atoms with van der Waals surface area (Å²) in [6, 6.07) is 10.5. The molecule has 0 fully saturated rings. The molecule has 0 N–H and O–H groups in total. The Morgan fingerprint density at radius 1 is 1.14 bits per heavy atom. The molecule has 0 aliphatic carbocycles. The van der Waals surface area contributed by atoms with Crippen LogP contribution in [0.4, 0.5) is 0 Å². The van der Waals surface area contributed by atoms with Crippen LogP contribution in [0.3, 0.4) is 0 Å². The summed E-state index contributed by atoms with van der Waals surface area (Å²) in [6.45, 7) is 8.99. The van der Waals surface area contributed by atoms with Crippen molar-refractivity contribution in [3.8, 4) is 0 Å². The van der Waals surface area contributed by atoms with Crippen molar-refractivity contribution >= 4 is 5.91 Å². The highest BCUT2D eigenvalue weighted by Gasteiger charge is 2.17. The van der Waals surface area contributed by atoms with E-state index in [0.717, 1.165) is 13.1 Å². The maximum Gasteiger partial charge on any atom is 0.224 e. The van der Waals surface area contributed by atoms with Crippen molar-refractivity contribution in [1.82, 2.24) is 9.80 Å². The molecule has 1 aromatic carbocycles. The van der Waals surface area contributed by atoms with Crippen LogP contribution < -0.4 is 0 Å². The van der Waals surface area contributed by atoms with Crippen molar-refractivity contribution in [1.29, 1.82) is 0 Å². The number of benzene rings is 1. The fourth-order valence-electron chi connectivity index (χ4n) is 2.31. The largest absolute Gasteiger partial charge is 0.336 e. The van der Waals surface area contributed by atoms with Crippen LogP contribution in [0.25, 0.3) is 0 Å². The highest BCUT2D eigenvalue weighted by molar-refractivity contribution is 5.76. The van der Waals surface area contributed by atoms with Crippen molar-refractivity contribution in [3.63, 3.8) is 0 Å². The van der Waals surface area contributed by atoms with Crippen molar-refractivity contribution in [3.05, 3.63) is 35.9 Å². The first-order chi connectivity index (χ1) is 10.0. The third kappa shape index (κ3) is 6.76. The molecule has 0 unspecified atom stereocenters. The molecule has 0 saturated carbocycles. The Bertz CT molecular complexity index is 403. The number of unbranched alkanes of at least 4 members (excludes halogenated alkanes) is 1. The number of rotatable bonds is 9. The van der Waals surface area contributed by atoms with Gasteiger partial charge in [0.15, 0.2) is 0 Å². The maximum absolute atomic E-state index is 12.5. The summed E-state index contributed by atoms with van der Waals surface area (Å²) in [7, 11) is 2.10. The van der Waals surface area contributed by atoms with E-state index in [1.807, 2.05) is 23.1 Å². The van der Waals surface area contributed by atoms with Gasteiger partial charge in [0.25, 0.3) is 0 Å². The SMILES string of the molecule is CCCCN(C)CCC(=O)N(Cc1ccccc1)C(C)C. The average Bonchev–Trinajstić information content (AvgIpc) is 2.48. The van der Waals surface area contributed by atoms with Gasteiger partial charge in [0.1, 0.15) is 0 Å². The Hall–Kier alpha value is -1.35. The third-order valence-electron chi connectivity index (χ3n) is 3.74. The zero-order valence-corrected chi connectivity index (χ0v) is 14.0. The molecular formula is C18H30N2O. The Morgan fingerprint density at radius 3 is 2.38 bits per heavy atom. The molecule has 0 radical (unpaired) electrons. The number of amides is 1. The second-order valence-electron chi connectivity index (χ2n) is 6.01. The van der Waals surface area contributed by atoms with Gasteiger partial charge in [-0.15, -0.1) is 0 Å². The van der Waals surface area contributed by atoms with Crippen molar-refractivity contribution in [2.24, 2.45) is 0 Å². The molecule has 1 aromatic rings. The summed E-state index contributed by atoms with van der Waals surface area (Å²) >= 11 is 0. The van der Waals surface area contributed by atoms with Crippen LogP contribution in [0.5, 0.6) is 0 Å². The standard InChI is InChI=1S/C18H30N2O/c1-5-6-13-19(4)14-12-18(21)20(16(2)3)15-17-10-8-7-9-11-17/h7-11,16H,5-6,12-15H2,1-4H3. The minimum atomic E-state index is 0.235. The first-order valence-electron chi connectivity index (χ1n) is 8.06. The molecule has 0 atom stereocenters. The second kappa shape index (κ2) is 9.56. The van der Waals surface area contributed by atoms with Gasteiger partial charge < -0.3 is 9.80 Å². The number of carbonyl (C=O) groups is 1. The lowest BCUT2D eigenvalue weighted by Gasteiger charge is -2.28. The fourth-order valence-corrected chi connectivity index (χ4v) is 2.31. The fraction of sp³-hybridized carbons (Fsp3) is 0.611. The predicted octanol–water partition coefficient (Wildman–Crippen LogP) is 3.55. The summed E-state index contributed by atoms with van der Waals surface area (Å²) in [5, 5.41) is 0. The molecule has 0 saturated heterocycles. The van der Waals surface area contributed by atoms with Crippen LogP contribution in [0.1, 0.15) is 45.6 Å². The lowest BCUT2D eigenvalue weighted by Crippen LogP contribution is -2.38. The van der Waals surface area contributed by atoms with E-state index in [1.165, 1.54) is 18.4 Å². The van der Waals surface area contributed by atoms with E-state index < -0.39 is 0 Å². The summed E-state index contributed by atoms with van der Waals surface area (Å²) in [5.74, 6) is 0.247. The summed E-state index contributed by atoms with van der Waals surface area (Å²) < 4.78 is 0. The molecule has 3 nitrogen and oxygen atoms in total. The van der Waals surface area contributed by atoms with Crippen LogP contribution in [0.15, 0.2) is 30.3 Å². The van der Waals surface area contributed by atoms with Gasteiger partial charge in [0.2, 0.25) is 5.91 Å². The molecule has 0 aliphatic rings. The summed E-state index contributed by atoms with van der Waals surface area (Å²) in [6.07, 6.45) is 3.00. The topological polar surface area (TPSA) is 23.6 Å². The van der Waals surface area contributed by atoms with E-state index in [-0.39, 0.29) is 11.9 Å². The van der Waals surface area contributed by atoms with Gasteiger partial charge in [-0.3, -0.25) is 4.79 Å². The first kappa shape index (κ1) is 17.7. The van der Waals surface area contributed by atoms with E-state index in [4.69, 9.17) is 0 Å². The number of nitrogens with zero attached hydrogens (tertiary/aromatic N) is 2. The van der Waals surface area contributed by atoms with E-state index >= 15 is 0 Å². The molecule has 1 rings (SSSR count). The van der Waals surface area contributed by atoms with E-state index in [2.05, 4.69) is 44.9 Å². The molecule has 0 aliphatic heterocycles. The second-order valence-corrected chi connectivity index (χ2v) is 6.01. The minimum Gasteiger partial charge on any atom is -0.336 e. The normalized spacial score (nSPS) is 11.1. The Labute approximate surface area is 129 Å². The van der Waals surface area contributed by atoms with E-state index in [1.54, 1.807) is 0 Å². The molecule has 21 heavy (non-hydrogen) atoms. The molecular weight excluding hydrogens is 260 g/mol. The molecule has 1 amide bonds. The lowest BCUT2D eigenvalue weighted by molar-refractivity contribution is -0.133. The van der Waals surface area contributed by atoms with Crippen LogP contribution in [-0.4, -0.2) is 41.9 Å². The molecule has 0 heterocycles.